The third-order valence-corrected chi connectivity index (χ3v) is 7.66. The molecular weight excluding hydrogens is 430 g/mol. The largest absolute Gasteiger partial charge is 0.423 e. The van der Waals surface area contributed by atoms with Crippen molar-refractivity contribution in [2.45, 2.75) is 37.0 Å². The van der Waals surface area contributed by atoms with Crippen molar-refractivity contribution in [3.8, 4) is 5.75 Å². The van der Waals surface area contributed by atoms with Crippen LogP contribution in [0.15, 0.2) is 41.3 Å². The number of aryl methyl sites for hydroxylation is 1. The van der Waals surface area contributed by atoms with E-state index in [2.05, 4.69) is 10.2 Å². The van der Waals surface area contributed by atoms with Crippen LogP contribution in [0.5, 0.6) is 5.75 Å². The molecule has 0 bridgehead atoms. The molecule has 0 aromatic heterocycles. The minimum absolute atomic E-state index is 0.0349. The molecule has 2 aromatic rings. The zero-order valence-corrected chi connectivity index (χ0v) is 19.1. The second kappa shape index (κ2) is 8.91. The number of hydrogen-bond acceptors (Lipinski definition) is 6. The SMILES string of the molecule is CN(C)S(=O)(=O)c1ccc(N2CCCCC2)c(C(=O)Oc2ccc3c(c2)CCC(=O)N3)c1. The number of hydrogen-bond donors (Lipinski definition) is 1. The number of carbonyl (C=O) groups is 2. The molecule has 0 unspecified atom stereocenters. The Balaban J connectivity index is 1.68. The van der Waals surface area contributed by atoms with Crippen molar-refractivity contribution in [1.82, 2.24) is 4.31 Å². The summed E-state index contributed by atoms with van der Waals surface area (Å²) in [5.74, 6) is -0.288. The van der Waals surface area contributed by atoms with E-state index >= 15 is 0 Å². The van der Waals surface area contributed by atoms with E-state index in [1.807, 2.05) is 0 Å². The Kier molecular flexibility index (Phi) is 6.21. The molecule has 1 saturated heterocycles. The maximum atomic E-state index is 13.2. The molecule has 170 valence electrons. The van der Waals surface area contributed by atoms with Gasteiger partial charge in [-0.2, -0.15) is 0 Å². The van der Waals surface area contributed by atoms with Crippen LogP contribution in [0, 0.1) is 0 Å². The smallest absolute Gasteiger partial charge is 0.345 e. The van der Waals surface area contributed by atoms with E-state index in [4.69, 9.17) is 4.74 Å². The van der Waals surface area contributed by atoms with E-state index in [1.54, 1.807) is 24.3 Å². The molecule has 0 saturated carbocycles. The van der Waals surface area contributed by atoms with Gasteiger partial charge >= 0.3 is 5.97 Å². The van der Waals surface area contributed by atoms with Crippen molar-refractivity contribution in [2.24, 2.45) is 0 Å². The summed E-state index contributed by atoms with van der Waals surface area (Å²) in [6.45, 7) is 1.61. The number of nitrogens with one attached hydrogen (secondary N) is 1. The van der Waals surface area contributed by atoms with E-state index in [1.165, 1.54) is 26.2 Å². The lowest BCUT2D eigenvalue weighted by Crippen LogP contribution is -2.31. The summed E-state index contributed by atoms with van der Waals surface area (Å²) in [4.78, 5) is 26.9. The predicted octanol–water partition coefficient (Wildman–Crippen LogP) is 3.03. The van der Waals surface area contributed by atoms with Crippen LogP contribution < -0.4 is 15.0 Å². The number of ether oxygens (including phenoxy) is 1. The first-order valence-electron chi connectivity index (χ1n) is 10.7. The lowest BCUT2D eigenvalue weighted by molar-refractivity contribution is -0.116. The molecule has 0 aliphatic carbocycles. The second-order valence-electron chi connectivity index (χ2n) is 8.27. The van der Waals surface area contributed by atoms with Gasteiger partial charge in [-0.3, -0.25) is 4.79 Å². The molecule has 1 amide bonds. The van der Waals surface area contributed by atoms with Crippen LogP contribution in [0.2, 0.25) is 0 Å². The molecule has 1 fully saturated rings. The number of benzene rings is 2. The molecule has 2 heterocycles. The van der Waals surface area contributed by atoms with Gasteiger partial charge in [-0.15, -0.1) is 0 Å². The fourth-order valence-electron chi connectivity index (χ4n) is 4.05. The standard InChI is InChI=1S/C23H27N3O5S/c1-25(2)32(29,30)18-8-10-21(26-12-4-3-5-13-26)19(15-18)23(28)31-17-7-9-20-16(14-17)6-11-22(27)24-20/h7-10,14-15H,3-6,11-13H2,1-2H3,(H,24,27). The quantitative estimate of drug-likeness (QED) is 0.548. The van der Waals surface area contributed by atoms with Gasteiger partial charge in [0.05, 0.1) is 16.1 Å². The van der Waals surface area contributed by atoms with E-state index in [9.17, 15) is 18.0 Å². The minimum atomic E-state index is -3.70. The number of sulfonamides is 1. The summed E-state index contributed by atoms with van der Waals surface area (Å²) in [7, 11) is -0.791. The highest BCUT2D eigenvalue weighted by Gasteiger charge is 2.25. The van der Waals surface area contributed by atoms with Gasteiger partial charge in [-0.05, 0) is 67.6 Å². The first kappa shape index (κ1) is 22.3. The van der Waals surface area contributed by atoms with Crippen LogP contribution in [0.1, 0.15) is 41.6 Å². The van der Waals surface area contributed by atoms with Crippen molar-refractivity contribution < 1.29 is 22.7 Å². The van der Waals surface area contributed by atoms with Crippen LogP contribution in [0.3, 0.4) is 0 Å². The molecule has 32 heavy (non-hydrogen) atoms. The van der Waals surface area contributed by atoms with Gasteiger partial charge in [0, 0.05) is 39.3 Å². The van der Waals surface area contributed by atoms with Crippen molar-refractivity contribution >= 4 is 33.3 Å². The zero-order chi connectivity index (χ0) is 22.9. The molecule has 0 radical (unpaired) electrons. The number of nitrogens with zero attached hydrogens (tertiary/aromatic N) is 2. The topological polar surface area (TPSA) is 96.0 Å². The number of piperidine rings is 1. The van der Waals surface area contributed by atoms with Gasteiger partial charge in [0.15, 0.2) is 0 Å². The lowest BCUT2D eigenvalue weighted by Gasteiger charge is -2.30. The molecule has 8 nitrogen and oxygen atoms in total. The maximum Gasteiger partial charge on any atom is 0.345 e. The second-order valence-corrected chi connectivity index (χ2v) is 10.4. The van der Waals surface area contributed by atoms with Gasteiger partial charge in [-0.1, -0.05) is 0 Å². The van der Waals surface area contributed by atoms with E-state index in [-0.39, 0.29) is 16.4 Å². The van der Waals surface area contributed by atoms with Crippen molar-refractivity contribution in [1.29, 1.82) is 0 Å². The normalized spacial score (nSPS) is 16.5. The molecular formula is C23H27N3O5S. The Morgan fingerprint density at radius 2 is 1.78 bits per heavy atom. The zero-order valence-electron chi connectivity index (χ0n) is 18.3. The summed E-state index contributed by atoms with van der Waals surface area (Å²) >= 11 is 0. The Morgan fingerprint density at radius 1 is 1.03 bits per heavy atom. The Labute approximate surface area is 188 Å². The molecule has 2 aromatic carbocycles. The van der Waals surface area contributed by atoms with Crippen molar-refractivity contribution in [3.63, 3.8) is 0 Å². The summed E-state index contributed by atoms with van der Waals surface area (Å²) in [5.41, 5.74) is 2.52. The number of amides is 1. The molecule has 0 spiro atoms. The minimum Gasteiger partial charge on any atom is -0.423 e. The molecule has 2 aliphatic heterocycles. The number of carbonyl (C=O) groups excluding carboxylic acids is 2. The average Bonchev–Trinajstić information content (AvgIpc) is 2.79. The Morgan fingerprint density at radius 3 is 2.50 bits per heavy atom. The van der Waals surface area contributed by atoms with E-state index in [0.29, 0.717) is 30.0 Å². The van der Waals surface area contributed by atoms with Crippen LogP contribution >= 0.6 is 0 Å². The third-order valence-electron chi connectivity index (χ3n) is 5.85. The van der Waals surface area contributed by atoms with E-state index < -0.39 is 16.0 Å². The number of rotatable bonds is 5. The van der Waals surface area contributed by atoms with Gasteiger partial charge in [0.25, 0.3) is 0 Å². The molecule has 4 rings (SSSR count). The van der Waals surface area contributed by atoms with Gasteiger partial charge in [0.1, 0.15) is 5.75 Å². The Bertz CT molecular complexity index is 1150. The van der Waals surface area contributed by atoms with Gasteiger partial charge in [0.2, 0.25) is 15.9 Å². The number of esters is 1. The van der Waals surface area contributed by atoms with Crippen LogP contribution in [-0.4, -0.2) is 51.8 Å². The highest BCUT2D eigenvalue weighted by Crippen LogP contribution is 2.31. The highest BCUT2D eigenvalue weighted by molar-refractivity contribution is 7.89. The highest BCUT2D eigenvalue weighted by atomic mass is 32.2. The first-order valence-corrected chi connectivity index (χ1v) is 12.2. The Hall–Kier alpha value is -2.91. The average molecular weight is 458 g/mol. The fourth-order valence-corrected chi connectivity index (χ4v) is 4.97. The number of fused-ring (bicyclic) bond motifs is 1. The van der Waals surface area contributed by atoms with E-state index in [0.717, 1.165) is 42.2 Å². The summed E-state index contributed by atoms with van der Waals surface area (Å²) in [6, 6.07) is 9.73. The van der Waals surface area contributed by atoms with Gasteiger partial charge in [-0.25, -0.2) is 17.5 Å². The predicted molar refractivity (Wildman–Crippen MR) is 122 cm³/mol. The van der Waals surface area contributed by atoms with Gasteiger partial charge < -0.3 is 15.0 Å². The first-order chi connectivity index (χ1) is 15.3. The monoisotopic (exact) mass is 457 g/mol. The summed E-state index contributed by atoms with van der Waals surface area (Å²) in [5, 5.41) is 2.80. The lowest BCUT2D eigenvalue weighted by atomic mass is 10.0. The molecule has 0 atom stereocenters. The third kappa shape index (κ3) is 4.49. The molecule has 2 aliphatic rings. The van der Waals surface area contributed by atoms with Crippen molar-refractivity contribution in [3.05, 3.63) is 47.5 Å². The maximum absolute atomic E-state index is 13.2. The summed E-state index contributed by atoms with van der Waals surface area (Å²) < 4.78 is 32.1. The molecule has 1 N–H and O–H groups in total. The number of anilines is 2. The van der Waals surface area contributed by atoms with Crippen LogP contribution in [0.25, 0.3) is 0 Å². The fraction of sp³-hybridized carbons (Fsp3) is 0.391. The summed E-state index contributed by atoms with van der Waals surface area (Å²) in [6.07, 6.45) is 4.12. The van der Waals surface area contributed by atoms with Crippen molar-refractivity contribution in [2.75, 3.05) is 37.4 Å². The molecule has 9 heteroatoms. The van der Waals surface area contributed by atoms with Crippen LogP contribution in [0.4, 0.5) is 11.4 Å². The van der Waals surface area contributed by atoms with Crippen LogP contribution in [-0.2, 0) is 21.2 Å².